The van der Waals surface area contributed by atoms with E-state index in [1.165, 1.54) is 0 Å². The highest BCUT2D eigenvalue weighted by molar-refractivity contribution is 5.77. The summed E-state index contributed by atoms with van der Waals surface area (Å²) >= 11 is 0. The highest BCUT2D eigenvalue weighted by Gasteiger charge is 2.24. The van der Waals surface area contributed by atoms with E-state index in [1.807, 2.05) is 30.3 Å². The summed E-state index contributed by atoms with van der Waals surface area (Å²) in [6.45, 7) is 1.61. The monoisotopic (exact) mass is 191 g/mol. The Morgan fingerprint density at radius 2 is 2.14 bits per heavy atom. The molecule has 0 radical (unpaired) electrons. The van der Waals surface area contributed by atoms with Crippen LogP contribution in [0.1, 0.15) is 12.7 Å². The number of rotatable bonds is 2. The maximum atomic E-state index is 9.09. The number of furan rings is 1. The van der Waals surface area contributed by atoms with E-state index in [-0.39, 0.29) is 6.61 Å². The Balaban J connectivity index is 2.55. The zero-order valence-electron chi connectivity index (χ0n) is 8.03. The van der Waals surface area contributed by atoms with Crippen molar-refractivity contribution >= 4 is 11.0 Å². The number of hydrogen-bond donors (Lipinski definition) is 2. The molecule has 0 saturated heterocycles. The second-order valence-electron chi connectivity index (χ2n) is 3.72. The fraction of sp³-hybridized carbons (Fsp3) is 0.273. The third-order valence-electron chi connectivity index (χ3n) is 2.32. The third kappa shape index (κ3) is 1.41. The number of aliphatic hydroxyl groups is 1. The molecule has 3 heteroatoms. The SMILES string of the molecule is C[C@](N)(CO)c1cc2ccccc2o1. The van der Waals surface area contributed by atoms with Crippen molar-refractivity contribution in [2.45, 2.75) is 12.5 Å². The van der Waals surface area contributed by atoms with Crippen LogP contribution in [0.3, 0.4) is 0 Å². The van der Waals surface area contributed by atoms with Gasteiger partial charge in [-0.05, 0) is 19.1 Å². The van der Waals surface area contributed by atoms with Crippen molar-refractivity contribution in [2.24, 2.45) is 5.73 Å². The van der Waals surface area contributed by atoms with Crippen LogP contribution in [0.2, 0.25) is 0 Å². The summed E-state index contributed by atoms with van der Waals surface area (Å²) in [5, 5.41) is 10.1. The van der Waals surface area contributed by atoms with Gasteiger partial charge in [-0.25, -0.2) is 0 Å². The van der Waals surface area contributed by atoms with Crippen molar-refractivity contribution in [2.75, 3.05) is 6.61 Å². The Kier molecular flexibility index (Phi) is 2.06. The van der Waals surface area contributed by atoms with E-state index in [0.717, 1.165) is 11.0 Å². The molecule has 2 aromatic rings. The highest BCUT2D eigenvalue weighted by atomic mass is 16.3. The third-order valence-corrected chi connectivity index (χ3v) is 2.32. The van der Waals surface area contributed by atoms with Gasteiger partial charge in [-0.3, -0.25) is 0 Å². The van der Waals surface area contributed by atoms with E-state index in [4.69, 9.17) is 15.3 Å². The number of para-hydroxylation sites is 1. The lowest BCUT2D eigenvalue weighted by molar-refractivity contribution is 0.190. The van der Waals surface area contributed by atoms with Gasteiger partial charge in [0.05, 0.1) is 12.1 Å². The number of aliphatic hydroxyl groups excluding tert-OH is 1. The van der Waals surface area contributed by atoms with Gasteiger partial charge < -0.3 is 15.3 Å². The molecule has 74 valence electrons. The summed E-state index contributed by atoms with van der Waals surface area (Å²) < 4.78 is 5.54. The quantitative estimate of drug-likeness (QED) is 0.758. The highest BCUT2D eigenvalue weighted by Crippen LogP contribution is 2.25. The Morgan fingerprint density at radius 3 is 2.79 bits per heavy atom. The number of nitrogens with two attached hydrogens (primary N) is 1. The lowest BCUT2D eigenvalue weighted by Crippen LogP contribution is -2.36. The predicted molar refractivity (Wildman–Crippen MR) is 54.8 cm³/mol. The van der Waals surface area contributed by atoms with Gasteiger partial charge in [-0.2, -0.15) is 0 Å². The Hall–Kier alpha value is -1.32. The maximum absolute atomic E-state index is 9.09. The van der Waals surface area contributed by atoms with Gasteiger partial charge in [0.1, 0.15) is 11.3 Å². The standard InChI is InChI=1S/C11H13NO2/c1-11(12,7-13)10-6-8-4-2-3-5-9(8)14-10/h2-6,13H,7,12H2,1H3/t11-/m0/s1. The van der Waals surface area contributed by atoms with E-state index in [1.54, 1.807) is 6.92 Å². The van der Waals surface area contributed by atoms with Crippen molar-refractivity contribution in [1.29, 1.82) is 0 Å². The zero-order valence-corrected chi connectivity index (χ0v) is 8.03. The zero-order chi connectivity index (χ0) is 10.2. The lowest BCUT2D eigenvalue weighted by atomic mass is 10.0. The van der Waals surface area contributed by atoms with Gasteiger partial charge >= 0.3 is 0 Å². The fourth-order valence-corrected chi connectivity index (χ4v) is 1.34. The van der Waals surface area contributed by atoms with Crippen molar-refractivity contribution in [3.8, 4) is 0 Å². The van der Waals surface area contributed by atoms with E-state index < -0.39 is 5.54 Å². The van der Waals surface area contributed by atoms with E-state index in [0.29, 0.717) is 5.76 Å². The first-order valence-electron chi connectivity index (χ1n) is 4.52. The van der Waals surface area contributed by atoms with Gasteiger partial charge in [0.2, 0.25) is 0 Å². The summed E-state index contributed by atoms with van der Waals surface area (Å²) in [7, 11) is 0. The van der Waals surface area contributed by atoms with Gasteiger partial charge in [-0.1, -0.05) is 18.2 Å². The summed E-state index contributed by atoms with van der Waals surface area (Å²) in [5.74, 6) is 0.612. The first kappa shape index (κ1) is 9.24. The Bertz CT molecular complexity index is 412. The molecular formula is C11H13NO2. The summed E-state index contributed by atoms with van der Waals surface area (Å²) in [6.07, 6.45) is 0. The van der Waals surface area contributed by atoms with Crippen molar-refractivity contribution in [3.63, 3.8) is 0 Å². The first-order valence-corrected chi connectivity index (χ1v) is 4.52. The van der Waals surface area contributed by atoms with Crippen LogP contribution in [0, 0.1) is 0 Å². The van der Waals surface area contributed by atoms with E-state index >= 15 is 0 Å². The minimum absolute atomic E-state index is 0.132. The normalized spacial score (nSPS) is 15.6. The van der Waals surface area contributed by atoms with Crippen LogP contribution in [0.15, 0.2) is 34.7 Å². The Morgan fingerprint density at radius 1 is 1.43 bits per heavy atom. The van der Waals surface area contributed by atoms with Crippen LogP contribution in [-0.2, 0) is 5.54 Å². The minimum atomic E-state index is -0.807. The van der Waals surface area contributed by atoms with E-state index in [9.17, 15) is 0 Å². The minimum Gasteiger partial charge on any atom is -0.459 e. The average Bonchev–Trinajstić information content (AvgIpc) is 2.61. The van der Waals surface area contributed by atoms with Gasteiger partial charge in [-0.15, -0.1) is 0 Å². The molecule has 3 N–H and O–H groups in total. The predicted octanol–water partition coefficient (Wildman–Crippen LogP) is 1.60. The fourth-order valence-electron chi connectivity index (χ4n) is 1.34. The van der Waals surface area contributed by atoms with E-state index in [2.05, 4.69) is 0 Å². The van der Waals surface area contributed by atoms with Crippen LogP contribution >= 0.6 is 0 Å². The molecule has 0 aliphatic heterocycles. The molecule has 0 amide bonds. The topological polar surface area (TPSA) is 59.4 Å². The summed E-state index contributed by atoms with van der Waals surface area (Å²) in [4.78, 5) is 0. The number of hydrogen-bond acceptors (Lipinski definition) is 3. The van der Waals surface area contributed by atoms with Crippen LogP contribution in [0.5, 0.6) is 0 Å². The molecule has 14 heavy (non-hydrogen) atoms. The van der Waals surface area contributed by atoms with Crippen LogP contribution in [0.25, 0.3) is 11.0 Å². The molecule has 0 aliphatic carbocycles. The second-order valence-corrected chi connectivity index (χ2v) is 3.72. The molecule has 1 atom stereocenters. The molecule has 0 fully saturated rings. The smallest absolute Gasteiger partial charge is 0.134 e. The number of benzene rings is 1. The van der Waals surface area contributed by atoms with Crippen LogP contribution < -0.4 is 5.73 Å². The molecule has 1 aromatic carbocycles. The largest absolute Gasteiger partial charge is 0.459 e. The molecule has 0 unspecified atom stereocenters. The second kappa shape index (κ2) is 3.12. The summed E-state index contributed by atoms with van der Waals surface area (Å²) in [5.41, 5.74) is 5.85. The van der Waals surface area contributed by atoms with Gasteiger partial charge in [0, 0.05) is 5.39 Å². The molecule has 1 heterocycles. The average molecular weight is 191 g/mol. The molecule has 0 aliphatic rings. The van der Waals surface area contributed by atoms with Crippen molar-refractivity contribution < 1.29 is 9.52 Å². The molecule has 3 nitrogen and oxygen atoms in total. The van der Waals surface area contributed by atoms with Crippen molar-refractivity contribution in [1.82, 2.24) is 0 Å². The molecule has 0 spiro atoms. The molecule has 2 rings (SSSR count). The van der Waals surface area contributed by atoms with Gasteiger partial charge in [0.25, 0.3) is 0 Å². The first-order chi connectivity index (χ1) is 6.63. The van der Waals surface area contributed by atoms with Crippen LogP contribution in [-0.4, -0.2) is 11.7 Å². The molecular weight excluding hydrogens is 178 g/mol. The summed E-state index contributed by atoms with van der Waals surface area (Å²) in [6, 6.07) is 9.55. The lowest BCUT2D eigenvalue weighted by Gasteiger charge is -2.17. The molecule has 0 saturated carbocycles. The van der Waals surface area contributed by atoms with Gasteiger partial charge in [0.15, 0.2) is 0 Å². The number of fused-ring (bicyclic) bond motifs is 1. The molecule has 1 aromatic heterocycles. The molecule has 0 bridgehead atoms. The van der Waals surface area contributed by atoms with Crippen molar-refractivity contribution in [3.05, 3.63) is 36.1 Å². The maximum Gasteiger partial charge on any atom is 0.134 e. The Labute approximate surface area is 82.1 Å². The van der Waals surface area contributed by atoms with Crippen LogP contribution in [0.4, 0.5) is 0 Å².